The Labute approximate surface area is 135 Å². The fourth-order valence-corrected chi connectivity index (χ4v) is 2.92. The number of carbonyl (C=O) groups is 1. The molecule has 1 atom stereocenters. The van der Waals surface area contributed by atoms with E-state index in [1.807, 2.05) is 17.9 Å². The third-order valence-corrected chi connectivity index (χ3v) is 4.26. The van der Waals surface area contributed by atoms with Gasteiger partial charge in [-0.25, -0.2) is 14.4 Å². The number of aromatic nitrogens is 2. The van der Waals surface area contributed by atoms with Gasteiger partial charge in [-0.3, -0.25) is 4.79 Å². The average Bonchev–Trinajstić information content (AvgIpc) is 3.04. The molecule has 1 aliphatic rings. The number of hydrogen-bond acceptors (Lipinski definition) is 3. The first-order valence-corrected chi connectivity index (χ1v) is 7.93. The third-order valence-electron chi connectivity index (χ3n) is 4.26. The molecule has 0 bridgehead atoms. The first-order valence-electron chi connectivity index (χ1n) is 7.93. The Bertz CT molecular complexity index is 687. The first kappa shape index (κ1) is 15.6. The molecule has 0 N–H and O–H groups in total. The molecule has 1 aliphatic heterocycles. The van der Waals surface area contributed by atoms with Gasteiger partial charge in [0.25, 0.3) is 0 Å². The van der Waals surface area contributed by atoms with Gasteiger partial charge in [-0.05, 0) is 43.5 Å². The van der Waals surface area contributed by atoms with Crippen molar-refractivity contribution in [3.8, 4) is 0 Å². The summed E-state index contributed by atoms with van der Waals surface area (Å²) in [6, 6.07) is 8.21. The molecule has 3 rings (SSSR count). The molecule has 1 aromatic heterocycles. The van der Waals surface area contributed by atoms with E-state index in [1.54, 1.807) is 18.3 Å². The molecule has 0 aliphatic carbocycles. The number of benzene rings is 1. The molecular weight excluding hydrogens is 293 g/mol. The predicted octanol–water partition coefficient (Wildman–Crippen LogP) is 2.87. The zero-order chi connectivity index (χ0) is 16.2. The second-order valence-corrected chi connectivity index (χ2v) is 6.01. The molecule has 4 nitrogen and oxygen atoms in total. The van der Waals surface area contributed by atoms with Crippen LogP contribution in [0.15, 0.2) is 36.5 Å². The van der Waals surface area contributed by atoms with Gasteiger partial charge in [0.2, 0.25) is 5.91 Å². The van der Waals surface area contributed by atoms with Gasteiger partial charge >= 0.3 is 0 Å². The van der Waals surface area contributed by atoms with Gasteiger partial charge in [-0.1, -0.05) is 12.1 Å². The molecular formula is C18H20FN3O. The third kappa shape index (κ3) is 3.92. The summed E-state index contributed by atoms with van der Waals surface area (Å²) in [5.74, 6) is 0.952. The van der Waals surface area contributed by atoms with E-state index in [9.17, 15) is 9.18 Å². The fraction of sp³-hybridized carbons (Fsp3) is 0.389. The summed E-state index contributed by atoms with van der Waals surface area (Å²) in [4.78, 5) is 23.0. The number of rotatable bonds is 4. The highest BCUT2D eigenvalue weighted by molar-refractivity contribution is 5.76. The van der Waals surface area contributed by atoms with Gasteiger partial charge in [-0.15, -0.1) is 0 Å². The summed E-state index contributed by atoms with van der Waals surface area (Å²) in [6.07, 6.45) is 3.77. The van der Waals surface area contributed by atoms with Crippen LogP contribution in [0.25, 0.3) is 0 Å². The highest BCUT2D eigenvalue weighted by atomic mass is 19.1. The summed E-state index contributed by atoms with van der Waals surface area (Å²) in [5, 5.41) is 0. The Morgan fingerprint density at radius 2 is 2.09 bits per heavy atom. The van der Waals surface area contributed by atoms with E-state index in [2.05, 4.69) is 9.97 Å². The van der Waals surface area contributed by atoms with Crippen molar-refractivity contribution in [1.82, 2.24) is 14.9 Å². The Hall–Kier alpha value is -2.30. The van der Waals surface area contributed by atoms with E-state index in [4.69, 9.17) is 0 Å². The van der Waals surface area contributed by atoms with Crippen molar-refractivity contribution >= 4 is 5.91 Å². The van der Waals surface area contributed by atoms with Crippen LogP contribution in [0.1, 0.15) is 35.8 Å². The topological polar surface area (TPSA) is 46.1 Å². The standard InChI is InChI=1S/C18H20FN3O/c1-13-8-10-20-18(21-13)15-9-11-22(12-15)17(23)7-4-14-2-5-16(19)6-3-14/h2-3,5-6,8,10,15H,4,7,9,11-12H2,1H3. The van der Waals surface area contributed by atoms with Gasteiger partial charge in [0.15, 0.2) is 0 Å². The van der Waals surface area contributed by atoms with Crippen LogP contribution in [0.3, 0.4) is 0 Å². The lowest BCUT2D eigenvalue weighted by atomic mass is 10.1. The highest BCUT2D eigenvalue weighted by Gasteiger charge is 2.28. The maximum atomic E-state index is 12.9. The van der Waals surface area contributed by atoms with Crippen LogP contribution in [0.4, 0.5) is 4.39 Å². The monoisotopic (exact) mass is 313 g/mol. The lowest BCUT2D eigenvalue weighted by Gasteiger charge is -2.16. The molecule has 1 aromatic carbocycles. The normalized spacial score (nSPS) is 17.5. The molecule has 5 heteroatoms. The van der Waals surface area contributed by atoms with Crippen LogP contribution >= 0.6 is 0 Å². The largest absolute Gasteiger partial charge is 0.342 e. The lowest BCUT2D eigenvalue weighted by molar-refractivity contribution is -0.130. The predicted molar refractivity (Wildman–Crippen MR) is 85.4 cm³/mol. The zero-order valence-corrected chi connectivity index (χ0v) is 13.2. The van der Waals surface area contributed by atoms with Crippen molar-refractivity contribution in [1.29, 1.82) is 0 Å². The van der Waals surface area contributed by atoms with Crippen molar-refractivity contribution < 1.29 is 9.18 Å². The van der Waals surface area contributed by atoms with E-state index in [1.165, 1.54) is 12.1 Å². The molecule has 23 heavy (non-hydrogen) atoms. The molecule has 0 radical (unpaired) electrons. The van der Waals surface area contributed by atoms with Crippen LogP contribution < -0.4 is 0 Å². The molecule has 2 aromatic rings. The summed E-state index contributed by atoms with van der Waals surface area (Å²) in [5.41, 5.74) is 1.94. The summed E-state index contributed by atoms with van der Waals surface area (Å²) in [6.45, 7) is 3.39. The van der Waals surface area contributed by atoms with Crippen molar-refractivity contribution in [3.05, 3.63) is 59.4 Å². The maximum absolute atomic E-state index is 12.9. The van der Waals surface area contributed by atoms with E-state index >= 15 is 0 Å². The van der Waals surface area contributed by atoms with Crippen molar-refractivity contribution in [2.75, 3.05) is 13.1 Å². The Morgan fingerprint density at radius 3 is 2.83 bits per heavy atom. The number of amides is 1. The second kappa shape index (κ2) is 6.86. The fourth-order valence-electron chi connectivity index (χ4n) is 2.92. The molecule has 2 heterocycles. The number of halogens is 1. The quantitative estimate of drug-likeness (QED) is 0.872. The zero-order valence-electron chi connectivity index (χ0n) is 13.2. The Morgan fingerprint density at radius 1 is 1.30 bits per heavy atom. The molecule has 120 valence electrons. The number of nitrogens with zero attached hydrogens (tertiary/aromatic N) is 3. The molecule has 1 unspecified atom stereocenters. The van der Waals surface area contributed by atoms with Crippen molar-refractivity contribution in [2.24, 2.45) is 0 Å². The van der Waals surface area contributed by atoms with Crippen LogP contribution in [0.2, 0.25) is 0 Å². The molecule has 1 amide bonds. The number of likely N-dealkylation sites (tertiary alicyclic amines) is 1. The van der Waals surface area contributed by atoms with E-state index < -0.39 is 0 Å². The minimum Gasteiger partial charge on any atom is -0.342 e. The van der Waals surface area contributed by atoms with Gasteiger partial charge in [0.1, 0.15) is 11.6 Å². The van der Waals surface area contributed by atoms with E-state index in [0.29, 0.717) is 19.4 Å². The minimum absolute atomic E-state index is 0.143. The van der Waals surface area contributed by atoms with Crippen LogP contribution in [-0.4, -0.2) is 33.9 Å². The Balaban J connectivity index is 1.54. The minimum atomic E-state index is -0.249. The number of carbonyl (C=O) groups excluding carboxylic acids is 1. The van der Waals surface area contributed by atoms with Gasteiger partial charge in [0, 0.05) is 37.3 Å². The molecule has 1 fully saturated rings. The van der Waals surface area contributed by atoms with E-state index in [0.717, 1.165) is 30.0 Å². The van der Waals surface area contributed by atoms with Crippen molar-refractivity contribution in [2.45, 2.75) is 32.1 Å². The van der Waals surface area contributed by atoms with Gasteiger partial charge < -0.3 is 4.90 Å². The smallest absolute Gasteiger partial charge is 0.222 e. The van der Waals surface area contributed by atoms with Crippen LogP contribution in [0.5, 0.6) is 0 Å². The van der Waals surface area contributed by atoms with Crippen LogP contribution in [-0.2, 0) is 11.2 Å². The Kier molecular flexibility index (Phi) is 4.65. The van der Waals surface area contributed by atoms with Gasteiger partial charge in [-0.2, -0.15) is 0 Å². The lowest BCUT2D eigenvalue weighted by Crippen LogP contribution is -2.28. The average molecular weight is 313 g/mol. The summed E-state index contributed by atoms with van der Waals surface area (Å²) < 4.78 is 12.9. The number of hydrogen-bond donors (Lipinski definition) is 0. The maximum Gasteiger partial charge on any atom is 0.222 e. The molecule has 0 saturated carbocycles. The second-order valence-electron chi connectivity index (χ2n) is 6.01. The molecule has 1 saturated heterocycles. The summed E-state index contributed by atoms with van der Waals surface area (Å²) >= 11 is 0. The number of aryl methyl sites for hydroxylation is 2. The van der Waals surface area contributed by atoms with Gasteiger partial charge in [0.05, 0.1) is 0 Å². The van der Waals surface area contributed by atoms with Crippen molar-refractivity contribution in [3.63, 3.8) is 0 Å². The van der Waals surface area contributed by atoms with Crippen LogP contribution in [0, 0.1) is 12.7 Å². The molecule has 0 spiro atoms. The summed E-state index contributed by atoms with van der Waals surface area (Å²) in [7, 11) is 0. The van der Waals surface area contributed by atoms with E-state index in [-0.39, 0.29) is 17.6 Å². The highest BCUT2D eigenvalue weighted by Crippen LogP contribution is 2.25. The SMILES string of the molecule is Cc1ccnc(C2CCN(C(=O)CCc3ccc(F)cc3)C2)n1. The first-order chi connectivity index (χ1) is 11.1.